The highest BCUT2D eigenvalue weighted by Crippen LogP contribution is 2.09. The van der Waals surface area contributed by atoms with E-state index in [2.05, 4.69) is 15.6 Å². The first kappa shape index (κ1) is 22.3. The standard InChI is InChI=1S/C17H21FN4O2S.HI/c1-20-17(21-10-9-14-6-2-3-8-16(14)18)22-12-13-5-4-7-15(11-13)25(19,23)24;/h2-8,11H,9-10,12H2,1H3,(H2,19,23,24)(H2,20,21,22);1H. The van der Waals surface area contributed by atoms with Crippen LogP contribution in [-0.2, 0) is 23.0 Å². The van der Waals surface area contributed by atoms with Crippen molar-refractivity contribution in [2.75, 3.05) is 13.6 Å². The monoisotopic (exact) mass is 492 g/mol. The third-order valence-electron chi connectivity index (χ3n) is 3.56. The predicted octanol–water partition coefficient (Wildman–Crippen LogP) is 2.00. The summed E-state index contributed by atoms with van der Waals surface area (Å²) in [5, 5.41) is 11.3. The smallest absolute Gasteiger partial charge is 0.238 e. The summed E-state index contributed by atoms with van der Waals surface area (Å²) in [6, 6.07) is 13.0. The maximum Gasteiger partial charge on any atom is 0.238 e. The van der Waals surface area contributed by atoms with E-state index in [1.165, 1.54) is 18.2 Å². The largest absolute Gasteiger partial charge is 0.356 e. The number of nitrogens with two attached hydrogens (primary N) is 1. The number of primary sulfonamides is 1. The van der Waals surface area contributed by atoms with Gasteiger partial charge in [0.05, 0.1) is 4.90 Å². The highest BCUT2D eigenvalue weighted by atomic mass is 127. The van der Waals surface area contributed by atoms with E-state index < -0.39 is 10.0 Å². The number of nitrogens with zero attached hydrogens (tertiary/aromatic N) is 1. The van der Waals surface area contributed by atoms with Crippen LogP contribution in [0.15, 0.2) is 58.4 Å². The third-order valence-corrected chi connectivity index (χ3v) is 4.47. The first-order valence-electron chi connectivity index (χ1n) is 7.70. The molecule has 2 rings (SSSR count). The minimum Gasteiger partial charge on any atom is -0.356 e. The second kappa shape index (κ2) is 10.4. The second-order valence-corrected chi connectivity index (χ2v) is 6.95. The minimum atomic E-state index is -3.73. The molecule has 0 aliphatic carbocycles. The van der Waals surface area contributed by atoms with E-state index in [0.717, 1.165) is 5.56 Å². The molecule has 0 unspecified atom stereocenters. The van der Waals surface area contributed by atoms with Gasteiger partial charge in [-0.3, -0.25) is 4.99 Å². The van der Waals surface area contributed by atoms with Crippen molar-refractivity contribution in [2.45, 2.75) is 17.9 Å². The van der Waals surface area contributed by atoms with Crippen molar-refractivity contribution in [2.24, 2.45) is 10.1 Å². The topological polar surface area (TPSA) is 96.6 Å². The first-order chi connectivity index (χ1) is 11.9. The molecule has 0 atom stereocenters. The molecule has 0 radical (unpaired) electrons. The van der Waals surface area contributed by atoms with E-state index in [1.54, 1.807) is 37.4 Å². The molecule has 2 aromatic rings. The van der Waals surface area contributed by atoms with Crippen LogP contribution in [-0.4, -0.2) is 28.0 Å². The van der Waals surface area contributed by atoms with Gasteiger partial charge in [0.2, 0.25) is 10.0 Å². The minimum absolute atomic E-state index is 0. The lowest BCUT2D eigenvalue weighted by Gasteiger charge is -2.12. The van der Waals surface area contributed by atoms with Gasteiger partial charge in [-0.05, 0) is 35.7 Å². The van der Waals surface area contributed by atoms with E-state index in [-0.39, 0.29) is 34.7 Å². The summed E-state index contributed by atoms with van der Waals surface area (Å²) in [5.41, 5.74) is 1.38. The lowest BCUT2D eigenvalue weighted by atomic mass is 10.1. The molecule has 0 heterocycles. The summed E-state index contributed by atoms with van der Waals surface area (Å²) in [7, 11) is -2.10. The van der Waals surface area contributed by atoms with Crippen molar-refractivity contribution in [3.8, 4) is 0 Å². The molecule has 0 aliphatic rings. The van der Waals surface area contributed by atoms with E-state index in [9.17, 15) is 12.8 Å². The van der Waals surface area contributed by atoms with Crippen LogP contribution in [0.25, 0.3) is 0 Å². The van der Waals surface area contributed by atoms with Gasteiger partial charge in [0.25, 0.3) is 0 Å². The van der Waals surface area contributed by atoms with Crippen molar-refractivity contribution >= 4 is 40.0 Å². The van der Waals surface area contributed by atoms with Crippen LogP contribution in [0.1, 0.15) is 11.1 Å². The van der Waals surface area contributed by atoms with Gasteiger partial charge >= 0.3 is 0 Å². The Hall–Kier alpha value is -1.72. The number of hydrogen-bond acceptors (Lipinski definition) is 3. The van der Waals surface area contributed by atoms with Crippen molar-refractivity contribution < 1.29 is 12.8 Å². The average Bonchev–Trinajstić information content (AvgIpc) is 2.59. The van der Waals surface area contributed by atoms with Gasteiger partial charge in [0.1, 0.15) is 5.82 Å². The molecule has 4 N–H and O–H groups in total. The Bertz CT molecular complexity index is 859. The molecule has 142 valence electrons. The number of aliphatic imine (C=N–C) groups is 1. The van der Waals surface area contributed by atoms with Crippen LogP contribution in [0.5, 0.6) is 0 Å². The molecular formula is C17H22FIN4O2S. The van der Waals surface area contributed by atoms with Crippen LogP contribution < -0.4 is 15.8 Å². The number of hydrogen-bond donors (Lipinski definition) is 3. The van der Waals surface area contributed by atoms with Crippen LogP contribution >= 0.6 is 24.0 Å². The number of guanidine groups is 1. The van der Waals surface area contributed by atoms with E-state index in [4.69, 9.17) is 5.14 Å². The quantitative estimate of drug-likeness (QED) is 0.327. The van der Waals surface area contributed by atoms with Crippen LogP contribution in [0, 0.1) is 5.82 Å². The molecule has 26 heavy (non-hydrogen) atoms. The van der Waals surface area contributed by atoms with Crippen molar-refractivity contribution in [3.63, 3.8) is 0 Å². The SMILES string of the molecule is CN=C(NCCc1ccccc1F)NCc1cccc(S(N)(=O)=O)c1.I. The zero-order chi connectivity index (χ0) is 18.3. The first-order valence-corrected chi connectivity index (χ1v) is 9.24. The fourth-order valence-electron chi connectivity index (χ4n) is 2.26. The fraction of sp³-hybridized carbons (Fsp3) is 0.235. The van der Waals surface area contributed by atoms with E-state index >= 15 is 0 Å². The molecule has 6 nitrogen and oxygen atoms in total. The van der Waals surface area contributed by atoms with E-state index in [0.29, 0.717) is 31.0 Å². The lowest BCUT2D eigenvalue weighted by Crippen LogP contribution is -2.38. The number of sulfonamides is 1. The predicted molar refractivity (Wildman–Crippen MR) is 112 cm³/mol. The summed E-state index contributed by atoms with van der Waals surface area (Å²) in [6.45, 7) is 0.889. The van der Waals surface area contributed by atoms with Gasteiger partial charge in [-0.1, -0.05) is 30.3 Å². The highest BCUT2D eigenvalue weighted by molar-refractivity contribution is 14.0. The number of rotatable bonds is 6. The molecule has 0 fully saturated rings. The fourth-order valence-corrected chi connectivity index (χ4v) is 2.84. The van der Waals surface area contributed by atoms with Gasteiger partial charge < -0.3 is 10.6 Å². The Labute approximate surface area is 170 Å². The molecule has 9 heteroatoms. The average molecular weight is 492 g/mol. The molecule has 0 aliphatic heterocycles. The summed E-state index contributed by atoms with van der Waals surface area (Å²) in [4.78, 5) is 4.15. The maximum atomic E-state index is 13.6. The van der Waals surface area contributed by atoms with Gasteiger partial charge in [0, 0.05) is 20.1 Å². The van der Waals surface area contributed by atoms with Crippen molar-refractivity contribution in [1.29, 1.82) is 0 Å². The zero-order valence-electron chi connectivity index (χ0n) is 14.3. The summed E-state index contributed by atoms with van der Waals surface area (Å²) >= 11 is 0. The summed E-state index contributed by atoms with van der Waals surface area (Å²) in [5.74, 6) is 0.310. The van der Waals surface area contributed by atoms with E-state index in [1.807, 2.05) is 0 Å². The summed E-state index contributed by atoms with van der Waals surface area (Å²) < 4.78 is 36.3. The molecule has 0 spiro atoms. The second-order valence-electron chi connectivity index (χ2n) is 5.39. The molecule has 2 aromatic carbocycles. The Kier molecular flexibility index (Phi) is 8.96. The Morgan fingerprint density at radius 1 is 1.15 bits per heavy atom. The Morgan fingerprint density at radius 2 is 1.88 bits per heavy atom. The molecule has 0 bridgehead atoms. The van der Waals surface area contributed by atoms with Gasteiger partial charge in [-0.25, -0.2) is 17.9 Å². The zero-order valence-corrected chi connectivity index (χ0v) is 17.4. The summed E-state index contributed by atoms with van der Waals surface area (Å²) in [6.07, 6.45) is 0.522. The Balaban J connectivity index is 0.00000338. The molecule has 0 saturated carbocycles. The third kappa shape index (κ3) is 6.89. The van der Waals surface area contributed by atoms with Gasteiger partial charge in [0.15, 0.2) is 5.96 Å². The number of benzene rings is 2. The maximum absolute atomic E-state index is 13.6. The molecule has 0 amide bonds. The van der Waals surface area contributed by atoms with Crippen LogP contribution in [0.2, 0.25) is 0 Å². The highest BCUT2D eigenvalue weighted by Gasteiger charge is 2.08. The normalized spacial score (nSPS) is 11.6. The number of nitrogens with one attached hydrogen (secondary N) is 2. The van der Waals surface area contributed by atoms with Crippen molar-refractivity contribution in [3.05, 3.63) is 65.5 Å². The van der Waals surface area contributed by atoms with Crippen LogP contribution in [0.3, 0.4) is 0 Å². The molecule has 0 saturated heterocycles. The lowest BCUT2D eigenvalue weighted by molar-refractivity contribution is 0.597. The number of halogens is 2. The molecular weight excluding hydrogens is 470 g/mol. The van der Waals surface area contributed by atoms with Gasteiger partial charge in [-0.2, -0.15) is 0 Å². The van der Waals surface area contributed by atoms with Crippen LogP contribution in [0.4, 0.5) is 4.39 Å². The Morgan fingerprint density at radius 3 is 2.54 bits per heavy atom. The van der Waals surface area contributed by atoms with Gasteiger partial charge in [-0.15, -0.1) is 24.0 Å². The molecule has 0 aromatic heterocycles. The van der Waals surface area contributed by atoms with Crippen molar-refractivity contribution in [1.82, 2.24) is 10.6 Å².